The highest BCUT2D eigenvalue weighted by atomic mass is 16.8. The van der Waals surface area contributed by atoms with E-state index in [0.717, 1.165) is 0 Å². The van der Waals surface area contributed by atoms with Gasteiger partial charge in [0.1, 0.15) is 12.2 Å². The number of aliphatic hydroxyl groups is 1. The van der Waals surface area contributed by atoms with Crippen molar-refractivity contribution in [1.29, 1.82) is 0 Å². The summed E-state index contributed by atoms with van der Waals surface area (Å²) >= 11 is 0. The Morgan fingerprint density at radius 2 is 1.89 bits per heavy atom. The van der Waals surface area contributed by atoms with E-state index in [0.29, 0.717) is 13.2 Å². The molecule has 5 nitrogen and oxygen atoms in total. The van der Waals surface area contributed by atoms with E-state index in [1.807, 2.05) is 27.7 Å². The predicted octanol–water partition coefficient (Wildman–Crippen LogP) is 1.05. The maximum absolute atomic E-state index is 7.76. The second-order valence-electron chi connectivity index (χ2n) is 4.31. The van der Waals surface area contributed by atoms with E-state index in [4.69, 9.17) is 25.1 Å². The van der Waals surface area contributed by atoms with Crippen molar-refractivity contribution in [3.63, 3.8) is 0 Å². The largest absolute Gasteiger partial charge is 0.392 e. The van der Waals surface area contributed by atoms with Gasteiger partial charge in [-0.15, -0.1) is 6.58 Å². The van der Waals surface area contributed by atoms with Crippen LogP contribution in [-0.2, 0) is 14.2 Å². The Labute approximate surface area is 110 Å². The van der Waals surface area contributed by atoms with Crippen LogP contribution in [-0.4, -0.2) is 49.0 Å². The first-order valence-electron chi connectivity index (χ1n) is 6.41. The summed E-state index contributed by atoms with van der Waals surface area (Å²) < 4.78 is 16.5. The van der Waals surface area contributed by atoms with Crippen LogP contribution >= 0.6 is 0 Å². The van der Waals surface area contributed by atoms with Gasteiger partial charge in [0.05, 0.1) is 25.9 Å². The van der Waals surface area contributed by atoms with Crippen LogP contribution in [0.5, 0.6) is 0 Å². The summed E-state index contributed by atoms with van der Waals surface area (Å²) in [6.45, 7) is 12.3. The normalized spacial score (nSPS) is 32.2. The summed E-state index contributed by atoms with van der Waals surface area (Å²) in [6, 6.07) is -0.0504. The van der Waals surface area contributed by atoms with Crippen molar-refractivity contribution in [3.05, 3.63) is 12.7 Å². The third-order valence-corrected chi connectivity index (χ3v) is 2.37. The first kappa shape index (κ1) is 17.5. The predicted molar refractivity (Wildman–Crippen MR) is 71.3 cm³/mol. The molecule has 2 aliphatic rings. The fraction of sp³-hybridized carbons (Fsp3) is 0.846. The van der Waals surface area contributed by atoms with Gasteiger partial charge < -0.3 is 25.1 Å². The lowest BCUT2D eigenvalue weighted by molar-refractivity contribution is -0.146. The molecule has 0 bridgehead atoms. The molecule has 0 saturated carbocycles. The lowest BCUT2D eigenvalue weighted by Gasteiger charge is -2.28. The van der Waals surface area contributed by atoms with Gasteiger partial charge in [-0.2, -0.15) is 0 Å². The monoisotopic (exact) mass is 261 g/mol. The third-order valence-electron chi connectivity index (χ3n) is 2.37. The maximum Gasteiger partial charge on any atom is 0.163 e. The van der Waals surface area contributed by atoms with Crippen molar-refractivity contribution in [3.8, 4) is 0 Å². The van der Waals surface area contributed by atoms with Gasteiger partial charge in [0.2, 0.25) is 0 Å². The van der Waals surface area contributed by atoms with Gasteiger partial charge in [0.25, 0.3) is 0 Å². The molecule has 2 rings (SSSR count). The molecule has 18 heavy (non-hydrogen) atoms. The van der Waals surface area contributed by atoms with Crippen LogP contribution in [0, 0.1) is 0 Å². The molecule has 0 radical (unpaired) electrons. The quantitative estimate of drug-likeness (QED) is 0.690. The van der Waals surface area contributed by atoms with Gasteiger partial charge in [-0.1, -0.05) is 19.9 Å². The summed E-state index contributed by atoms with van der Waals surface area (Å²) in [5, 5.41) is 7.76. The Morgan fingerprint density at radius 1 is 1.33 bits per heavy atom. The highest BCUT2D eigenvalue weighted by Gasteiger charge is 2.46. The smallest absolute Gasteiger partial charge is 0.163 e. The fourth-order valence-corrected chi connectivity index (χ4v) is 1.77. The van der Waals surface area contributed by atoms with E-state index in [9.17, 15) is 0 Å². The van der Waals surface area contributed by atoms with Gasteiger partial charge >= 0.3 is 0 Å². The van der Waals surface area contributed by atoms with Gasteiger partial charge in [0, 0.05) is 0 Å². The van der Waals surface area contributed by atoms with Crippen molar-refractivity contribution in [2.24, 2.45) is 5.73 Å². The Bertz CT molecular complexity index is 233. The average molecular weight is 261 g/mol. The minimum absolute atomic E-state index is 0.00810. The highest BCUT2D eigenvalue weighted by molar-refractivity contribution is 4.91. The van der Waals surface area contributed by atoms with Crippen LogP contribution in [0.3, 0.4) is 0 Å². The molecule has 3 N–H and O–H groups in total. The van der Waals surface area contributed by atoms with E-state index in [1.54, 1.807) is 0 Å². The number of fused-ring (bicyclic) bond motifs is 1. The molecule has 0 unspecified atom stereocenters. The summed E-state index contributed by atoms with van der Waals surface area (Å²) in [4.78, 5) is 0. The fourth-order valence-electron chi connectivity index (χ4n) is 1.77. The number of rotatable bonds is 1. The minimum Gasteiger partial charge on any atom is -0.392 e. The first-order valence-corrected chi connectivity index (χ1v) is 6.41. The standard InChI is InChI=1S/C8H15NO3.C3H6O.C2H6/c1-8(2)11-6-4-10-3-5(9)7(6)12-8;1-2-3-4;1-2/h5-7H,3-4,9H2,1-2H3;2,4H,1,3H2;1-2H3/t5-,6+,7-;;/m0../s1. The average Bonchev–Trinajstić information content (AvgIpc) is 2.68. The van der Waals surface area contributed by atoms with Crippen molar-refractivity contribution in [2.45, 2.75) is 51.7 Å². The zero-order valence-electron chi connectivity index (χ0n) is 11.9. The number of ether oxygens (including phenoxy) is 3. The molecule has 0 aliphatic carbocycles. The van der Waals surface area contributed by atoms with Crippen molar-refractivity contribution in [2.75, 3.05) is 19.8 Å². The van der Waals surface area contributed by atoms with Crippen LogP contribution in [0.25, 0.3) is 0 Å². The van der Waals surface area contributed by atoms with Crippen LogP contribution in [0.1, 0.15) is 27.7 Å². The van der Waals surface area contributed by atoms with Gasteiger partial charge in [-0.05, 0) is 13.8 Å². The summed E-state index contributed by atoms with van der Waals surface area (Å²) in [5.74, 6) is -0.499. The molecule has 0 spiro atoms. The molecular formula is C13H27NO4. The lowest BCUT2D eigenvalue weighted by atomic mass is 10.1. The molecule has 0 aromatic carbocycles. The first-order chi connectivity index (χ1) is 8.50. The SMILES string of the molecule is C=CCO.CC.CC1(C)O[C@H]2[C@@H](N)COC[C@H]2O1. The Kier molecular flexibility index (Phi) is 8.39. The van der Waals surface area contributed by atoms with Crippen LogP contribution in [0.2, 0.25) is 0 Å². The molecule has 108 valence electrons. The second kappa shape index (κ2) is 8.61. The van der Waals surface area contributed by atoms with E-state index in [-0.39, 0.29) is 24.9 Å². The molecule has 0 amide bonds. The topological polar surface area (TPSA) is 73.9 Å². The summed E-state index contributed by atoms with van der Waals surface area (Å²) in [5.41, 5.74) is 5.81. The molecule has 3 atom stereocenters. The molecule has 2 heterocycles. The molecule has 0 aromatic heterocycles. The zero-order chi connectivity index (χ0) is 14.2. The van der Waals surface area contributed by atoms with Crippen LogP contribution < -0.4 is 5.73 Å². The molecule has 0 aromatic rings. The van der Waals surface area contributed by atoms with E-state index >= 15 is 0 Å². The number of nitrogens with two attached hydrogens (primary N) is 1. The molecular weight excluding hydrogens is 234 g/mol. The second-order valence-corrected chi connectivity index (χ2v) is 4.31. The van der Waals surface area contributed by atoms with Crippen molar-refractivity contribution < 1.29 is 19.3 Å². The van der Waals surface area contributed by atoms with E-state index < -0.39 is 5.79 Å². The minimum atomic E-state index is -0.499. The summed E-state index contributed by atoms with van der Waals surface area (Å²) in [6.07, 6.45) is 1.46. The van der Waals surface area contributed by atoms with Crippen molar-refractivity contribution in [1.82, 2.24) is 0 Å². The number of hydrogen-bond acceptors (Lipinski definition) is 5. The number of hydrogen-bond donors (Lipinski definition) is 2. The van der Waals surface area contributed by atoms with Gasteiger partial charge in [-0.3, -0.25) is 0 Å². The Morgan fingerprint density at radius 3 is 2.33 bits per heavy atom. The molecule has 5 heteroatoms. The van der Waals surface area contributed by atoms with E-state index in [2.05, 4.69) is 6.58 Å². The number of aliphatic hydroxyl groups excluding tert-OH is 1. The molecule has 2 fully saturated rings. The van der Waals surface area contributed by atoms with Gasteiger partial charge in [0.15, 0.2) is 5.79 Å². The lowest BCUT2D eigenvalue weighted by Crippen LogP contribution is -2.50. The molecule has 2 aliphatic heterocycles. The maximum atomic E-state index is 7.76. The van der Waals surface area contributed by atoms with Crippen LogP contribution in [0.4, 0.5) is 0 Å². The van der Waals surface area contributed by atoms with E-state index in [1.165, 1.54) is 6.08 Å². The highest BCUT2D eigenvalue weighted by Crippen LogP contribution is 2.31. The zero-order valence-corrected chi connectivity index (χ0v) is 11.9. The van der Waals surface area contributed by atoms with Crippen LogP contribution in [0.15, 0.2) is 12.7 Å². The van der Waals surface area contributed by atoms with Gasteiger partial charge in [-0.25, -0.2) is 0 Å². The third kappa shape index (κ3) is 5.46. The Hall–Kier alpha value is -0.460. The molecule has 2 saturated heterocycles. The van der Waals surface area contributed by atoms with Crippen molar-refractivity contribution >= 4 is 0 Å². The summed E-state index contributed by atoms with van der Waals surface area (Å²) in [7, 11) is 0. The Balaban J connectivity index is 0.000000415.